The van der Waals surface area contributed by atoms with E-state index in [-0.39, 0.29) is 0 Å². The summed E-state index contributed by atoms with van der Waals surface area (Å²) in [6.07, 6.45) is 0.926. The summed E-state index contributed by atoms with van der Waals surface area (Å²) in [5.74, 6) is 0. The van der Waals surface area contributed by atoms with Crippen LogP contribution in [0.5, 0.6) is 0 Å². The van der Waals surface area contributed by atoms with Gasteiger partial charge in [0.25, 0.3) is 5.17 Å². The van der Waals surface area contributed by atoms with E-state index in [0.29, 0.717) is 17.3 Å². The molecular formula is C11H12N2OS. The van der Waals surface area contributed by atoms with Crippen molar-refractivity contribution in [2.45, 2.75) is 13.3 Å². The molecule has 0 spiro atoms. The van der Waals surface area contributed by atoms with E-state index in [2.05, 4.69) is 5.32 Å². The van der Waals surface area contributed by atoms with E-state index in [0.717, 1.165) is 12.1 Å². The second-order valence-electron chi connectivity index (χ2n) is 2.95. The number of hydrogen-bond acceptors (Lipinski definition) is 3. The van der Waals surface area contributed by atoms with Crippen molar-refractivity contribution in [2.24, 2.45) is 0 Å². The fourth-order valence-corrected chi connectivity index (χ4v) is 1.18. The third kappa shape index (κ3) is 3.96. The lowest BCUT2D eigenvalue weighted by molar-refractivity contribution is 0.312. The zero-order chi connectivity index (χ0) is 11.1. The van der Waals surface area contributed by atoms with Gasteiger partial charge in [0.05, 0.1) is 18.2 Å². The number of nitrogens with one attached hydrogen (secondary N) is 1. The van der Waals surface area contributed by atoms with E-state index in [1.165, 1.54) is 0 Å². The second kappa shape index (κ2) is 5.99. The highest BCUT2D eigenvalue weighted by molar-refractivity contribution is 7.80. The maximum atomic E-state index is 8.61. The van der Waals surface area contributed by atoms with Crippen LogP contribution in [0, 0.1) is 11.3 Å². The molecule has 0 bridgehead atoms. The molecule has 0 fully saturated rings. The molecule has 0 amide bonds. The maximum Gasteiger partial charge on any atom is 0.261 e. The molecule has 0 aliphatic carbocycles. The minimum Gasteiger partial charge on any atom is -0.471 e. The van der Waals surface area contributed by atoms with Crippen LogP contribution in [-0.2, 0) is 4.74 Å². The molecule has 1 aromatic carbocycles. The Morgan fingerprint density at radius 1 is 1.47 bits per heavy atom. The van der Waals surface area contributed by atoms with E-state index in [4.69, 9.17) is 22.2 Å². The van der Waals surface area contributed by atoms with E-state index in [1.807, 2.05) is 13.0 Å². The summed E-state index contributed by atoms with van der Waals surface area (Å²) in [6, 6.07) is 9.09. The quantitative estimate of drug-likeness (QED) is 0.795. The fraction of sp³-hybridized carbons (Fsp3) is 0.273. The number of thiocarbonyl (C=S) groups is 1. The van der Waals surface area contributed by atoms with Crippen molar-refractivity contribution in [1.29, 1.82) is 5.26 Å². The molecule has 1 aromatic rings. The van der Waals surface area contributed by atoms with Crippen molar-refractivity contribution in [2.75, 3.05) is 11.9 Å². The van der Waals surface area contributed by atoms with Gasteiger partial charge in [-0.15, -0.1) is 0 Å². The highest BCUT2D eigenvalue weighted by atomic mass is 32.1. The lowest BCUT2D eigenvalue weighted by Gasteiger charge is -2.08. The van der Waals surface area contributed by atoms with Crippen LogP contribution in [0.1, 0.15) is 18.9 Å². The van der Waals surface area contributed by atoms with Crippen molar-refractivity contribution in [3.05, 3.63) is 29.8 Å². The van der Waals surface area contributed by atoms with Crippen LogP contribution >= 0.6 is 12.2 Å². The zero-order valence-corrected chi connectivity index (χ0v) is 9.30. The molecule has 0 saturated carbocycles. The molecule has 0 heterocycles. The van der Waals surface area contributed by atoms with Crippen molar-refractivity contribution in [3.8, 4) is 6.07 Å². The third-order valence-electron chi connectivity index (χ3n) is 1.70. The van der Waals surface area contributed by atoms with E-state index < -0.39 is 0 Å². The van der Waals surface area contributed by atoms with Gasteiger partial charge in [-0.3, -0.25) is 0 Å². The maximum absolute atomic E-state index is 8.61. The van der Waals surface area contributed by atoms with Crippen LogP contribution in [0.4, 0.5) is 5.69 Å². The van der Waals surface area contributed by atoms with Gasteiger partial charge in [-0.05, 0) is 42.9 Å². The first-order valence-electron chi connectivity index (χ1n) is 4.70. The van der Waals surface area contributed by atoms with Crippen LogP contribution in [0.3, 0.4) is 0 Å². The minimum atomic E-state index is 0.363. The van der Waals surface area contributed by atoms with E-state index in [1.54, 1.807) is 24.3 Å². The molecule has 0 unspecified atom stereocenters. The summed E-state index contributed by atoms with van der Waals surface area (Å²) in [5, 5.41) is 11.9. The Hall–Kier alpha value is -1.60. The Kier molecular flexibility index (Phi) is 4.58. The van der Waals surface area contributed by atoms with Crippen molar-refractivity contribution < 1.29 is 4.74 Å². The first-order valence-corrected chi connectivity index (χ1v) is 5.11. The molecule has 15 heavy (non-hydrogen) atoms. The Morgan fingerprint density at radius 2 is 2.13 bits per heavy atom. The van der Waals surface area contributed by atoms with Crippen LogP contribution in [0.25, 0.3) is 0 Å². The third-order valence-corrected chi connectivity index (χ3v) is 1.92. The van der Waals surface area contributed by atoms with Crippen molar-refractivity contribution >= 4 is 23.1 Å². The Balaban J connectivity index is 2.50. The number of rotatable bonds is 3. The predicted molar refractivity (Wildman–Crippen MR) is 63.6 cm³/mol. The van der Waals surface area contributed by atoms with Gasteiger partial charge >= 0.3 is 0 Å². The Bertz CT molecular complexity index is 367. The lowest BCUT2D eigenvalue weighted by atomic mass is 10.2. The molecule has 0 radical (unpaired) electrons. The predicted octanol–water partition coefficient (Wildman–Crippen LogP) is 2.68. The van der Waals surface area contributed by atoms with Crippen LogP contribution in [-0.4, -0.2) is 11.8 Å². The van der Waals surface area contributed by atoms with Gasteiger partial charge in [0, 0.05) is 5.69 Å². The number of nitriles is 1. The van der Waals surface area contributed by atoms with Crippen LogP contribution < -0.4 is 5.32 Å². The standard InChI is InChI=1S/C11H12N2OS/c1-2-7-14-11(15)13-10-5-3-9(8-12)4-6-10/h3-6H,2,7H2,1H3,(H,13,15). The van der Waals surface area contributed by atoms with Crippen LogP contribution in [0.15, 0.2) is 24.3 Å². The molecule has 0 atom stereocenters. The number of hydrogen-bond donors (Lipinski definition) is 1. The largest absolute Gasteiger partial charge is 0.471 e. The average Bonchev–Trinajstić information content (AvgIpc) is 2.27. The number of ether oxygens (including phenoxy) is 1. The number of anilines is 1. The first-order chi connectivity index (χ1) is 7.26. The minimum absolute atomic E-state index is 0.363. The molecule has 1 rings (SSSR count). The molecular weight excluding hydrogens is 208 g/mol. The van der Waals surface area contributed by atoms with E-state index in [9.17, 15) is 0 Å². The molecule has 4 heteroatoms. The Labute approximate surface area is 94.7 Å². The van der Waals surface area contributed by atoms with Crippen LogP contribution in [0.2, 0.25) is 0 Å². The van der Waals surface area contributed by atoms with Crippen molar-refractivity contribution in [1.82, 2.24) is 0 Å². The number of benzene rings is 1. The molecule has 0 saturated heterocycles. The average molecular weight is 220 g/mol. The smallest absolute Gasteiger partial charge is 0.261 e. The lowest BCUT2D eigenvalue weighted by Crippen LogP contribution is -2.13. The summed E-state index contributed by atoms with van der Waals surface area (Å²) in [6.45, 7) is 2.63. The van der Waals surface area contributed by atoms with Gasteiger partial charge in [-0.1, -0.05) is 6.92 Å². The van der Waals surface area contributed by atoms with Gasteiger partial charge in [0.15, 0.2) is 0 Å². The second-order valence-corrected chi connectivity index (χ2v) is 3.32. The zero-order valence-electron chi connectivity index (χ0n) is 8.49. The van der Waals surface area contributed by atoms with Gasteiger partial charge in [-0.2, -0.15) is 5.26 Å². The molecule has 0 aliphatic rings. The highest BCUT2D eigenvalue weighted by Crippen LogP contribution is 2.09. The summed E-state index contributed by atoms with van der Waals surface area (Å²) in [5.41, 5.74) is 1.45. The number of nitrogens with zero attached hydrogens (tertiary/aromatic N) is 1. The first kappa shape index (κ1) is 11.5. The van der Waals surface area contributed by atoms with Gasteiger partial charge in [-0.25, -0.2) is 0 Å². The van der Waals surface area contributed by atoms with E-state index >= 15 is 0 Å². The normalized spacial score (nSPS) is 9.07. The Morgan fingerprint density at radius 3 is 2.67 bits per heavy atom. The SMILES string of the molecule is CCCOC(=S)Nc1ccc(C#N)cc1. The molecule has 0 aliphatic heterocycles. The summed E-state index contributed by atoms with van der Waals surface area (Å²) < 4.78 is 5.21. The molecule has 78 valence electrons. The van der Waals surface area contributed by atoms with Gasteiger partial charge in [0.1, 0.15) is 0 Å². The molecule has 3 nitrogen and oxygen atoms in total. The molecule has 0 aromatic heterocycles. The molecule has 1 N–H and O–H groups in total. The highest BCUT2D eigenvalue weighted by Gasteiger charge is 1.97. The van der Waals surface area contributed by atoms with Gasteiger partial charge < -0.3 is 10.1 Å². The summed E-state index contributed by atoms with van der Waals surface area (Å²) in [7, 11) is 0. The summed E-state index contributed by atoms with van der Waals surface area (Å²) in [4.78, 5) is 0. The van der Waals surface area contributed by atoms with Gasteiger partial charge in [0.2, 0.25) is 0 Å². The topological polar surface area (TPSA) is 45.0 Å². The van der Waals surface area contributed by atoms with Crippen molar-refractivity contribution in [3.63, 3.8) is 0 Å². The summed E-state index contributed by atoms with van der Waals surface area (Å²) >= 11 is 4.96. The monoisotopic (exact) mass is 220 g/mol. The fourth-order valence-electron chi connectivity index (χ4n) is 0.977.